The Morgan fingerprint density at radius 2 is 2.00 bits per heavy atom. The van der Waals surface area contributed by atoms with Gasteiger partial charge in [0.05, 0.1) is 5.60 Å². The molecule has 0 aliphatic rings. The fourth-order valence-electron chi connectivity index (χ4n) is 1.47. The normalized spacial score (nSPS) is 16.3. The Balaban J connectivity index is 2.77. The number of nitrogens with two attached hydrogens (primary N) is 1. The number of aliphatic hydroxyl groups is 1. The van der Waals surface area contributed by atoms with Gasteiger partial charge >= 0.3 is 0 Å². The Hall–Kier alpha value is -1.06. The van der Waals surface area contributed by atoms with Crippen LogP contribution >= 0.6 is 0 Å². The molecule has 96 valence electrons. The molecule has 3 heteroatoms. The van der Waals surface area contributed by atoms with Gasteiger partial charge in [-0.15, -0.1) is 0 Å². The topological polar surface area (TPSA) is 55.5 Å². The van der Waals surface area contributed by atoms with Gasteiger partial charge in [-0.25, -0.2) is 0 Å². The van der Waals surface area contributed by atoms with Gasteiger partial charge in [-0.1, -0.05) is 32.0 Å². The lowest BCUT2D eigenvalue weighted by atomic mass is 10.0. The number of benzene rings is 1. The Bertz CT molecular complexity index is 350. The molecule has 0 spiro atoms. The Labute approximate surface area is 104 Å². The second kappa shape index (κ2) is 6.03. The van der Waals surface area contributed by atoms with Crippen LogP contribution in [0.25, 0.3) is 0 Å². The van der Waals surface area contributed by atoms with Crippen molar-refractivity contribution in [2.75, 3.05) is 6.61 Å². The van der Waals surface area contributed by atoms with E-state index in [0.29, 0.717) is 6.42 Å². The summed E-state index contributed by atoms with van der Waals surface area (Å²) in [5.41, 5.74) is 6.24. The van der Waals surface area contributed by atoms with Gasteiger partial charge in [0.2, 0.25) is 0 Å². The molecule has 1 aromatic carbocycles. The molecule has 0 saturated carbocycles. The van der Waals surface area contributed by atoms with E-state index in [0.717, 1.165) is 17.7 Å². The van der Waals surface area contributed by atoms with E-state index in [1.165, 1.54) is 0 Å². The number of rotatable bonds is 6. The molecule has 0 aliphatic heterocycles. The zero-order valence-electron chi connectivity index (χ0n) is 10.9. The van der Waals surface area contributed by atoms with Crippen molar-refractivity contribution < 1.29 is 9.84 Å². The maximum absolute atomic E-state index is 9.91. The van der Waals surface area contributed by atoms with Gasteiger partial charge in [-0.2, -0.15) is 0 Å². The summed E-state index contributed by atoms with van der Waals surface area (Å²) in [4.78, 5) is 0. The quantitative estimate of drug-likeness (QED) is 0.799. The molecule has 0 fully saturated rings. The van der Waals surface area contributed by atoms with Crippen LogP contribution in [0.3, 0.4) is 0 Å². The van der Waals surface area contributed by atoms with Crippen LogP contribution < -0.4 is 10.5 Å². The summed E-state index contributed by atoms with van der Waals surface area (Å²) in [5, 5.41) is 9.91. The van der Waals surface area contributed by atoms with Crippen molar-refractivity contribution in [3.05, 3.63) is 29.8 Å². The first kappa shape index (κ1) is 14.0. The zero-order chi connectivity index (χ0) is 12.9. The highest BCUT2D eigenvalue weighted by atomic mass is 16.5. The van der Waals surface area contributed by atoms with Crippen molar-refractivity contribution >= 4 is 0 Å². The molecule has 2 atom stereocenters. The summed E-state index contributed by atoms with van der Waals surface area (Å²) in [6.45, 7) is 6.04. The van der Waals surface area contributed by atoms with Crippen LogP contribution in [0.4, 0.5) is 0 Å². The largest absolute Gasteiger partial charge is 0.490 e. The molecule has 0 aromatic heterocycles. The lowest BCUT2D eigenvalue weighted by molar-refractivity contribution is 0.00807. The molecule has 3 nitrogen and oxygen atoms in total. The van der Waals surface area contributed by atoms with E-state index in [9.17, 15) is 5.11 Å². The molecule has 0 saturated heterocycles. The lowest BCUT2D eigenvalue weighted by Crippen LogP contribution is -2.31. The van der Waals surface area contributed by atoms with Gasteiger partial charge in [-0.3, -0.25) is 0 Å². The third-order valence-electron chi connectivity index (χ3n) is 3.06. The summed E-state index contributed by atoms with van der Waals surface area (Å²) in [5.74, 6) is 0.774. The van der Waals surface area contributed by atoms with Gasteiger partial charge in [0.15, 0.2) is 0 Å². The van der Waals surface area contributed by atoms with Crippen LogP contribution in [0, 0.1) is 0 Å². The maximum atomic E-state index is 9.91. The predicted octanol–water partition coefficient (Wildman–Crippen LogP) is 2.64. The van der Waals surface area contributed by atoms with Crippen molar-refractivity contribution in [2.45, 2.75) is 45.3 Å². The van der Waals surface area contributed by atoms with Crippen molar-refractivity contribution in [3.63, 3.8) is 0 Å². The minimum atomic E-state index is -0.788. The van der Waals surface area contributed by atoms with Gasteiger partial charge in [-0.05, 0) is 25.8 Å². The van der Waals surface area contributed by atoms with E-state index in [4.69, 9.17) is 10.5 Å². The van der Waals surface area contributed by atoms with E-state index in [1.54, 1.807) is 6.92 Å². The minimum absolute atomic E-state index is 0.0159. The third kappa shape index (κ3) is 4.02. The van der Waals surface area contributed by atoms with Gasteiger partial charge < -0.3 is 15.6 Å². The first-order valence-electron chi connectivity index (χ1n) is 6.20. The predicted molar refractivity (Wildman–Crippen MR) is 70.1 cm³/mol. The van der Waals surface area contributed by atoms with E-state index < -0.39 is 5.60 Å². The summed E-state index contributed by atoms with van der Waals surface area (Å²) in [7, 11) is 0. The summed E-state index contributed by atoms with van der Waals surface area (Å²) in [6.07, 6.45) is 1.53. The van der Waals surface area contributed by atoms with E-state index in [1.807, 2.05) is 38.1 Å². The van der Waals surface area contributed by atoms with Gasteiger partial charge in [0.25, 0.3) is 0 Å². The zero-order valence-corrected chi connectivity index (χ0v) is 10.9. The van der Waals surface area contributed by atoms with Crippen LogP contribution in [-0.2, 0) is 0 Å². The number of hydrogen-bond acceptors (Lipinski definition) is 3. The summed E-state index contributed by atoms with van der Waals surface area (Å²) < 4.78 is 5.69. The SMILES string of the molecule is CC[C@H](N)c1ccccc1OCC(C)(O)CC. The second-order valence-corrected chi connectivity index (χ2v) is 4.69. The highest BCUT2D eigenvalue weighted by molar-refractivity contribution is 5.35. The standard InChI is InChI=1S/C14H23NO2/c1-4-12(15)11-8-6-7-9-13(11)17-10-14(3,16)5-2/h6-9,12,16H,4-5,10,15H2,1-3H3/t12-,14?/m0/s1. The molecule has 1 aromatic rings. The molecular formula is C14H23NO2. The fraction of sp³-hybridized carbons (Fsp3) is 0.571. The summed E-state index contributed by atoms with van der Waals surface area (Å²) >= 11 is 0. The second-order valence-electron chi connectivity index (χ2n) is 4.69. The monoisotopic (exact) mass is 237 g/mol. The molecule has 0 amide bonds. The molecule has 0 radical (unpaired) electrons. The lowest BCUT2D eigenvalue weighted by Gasteiger charge is -2.23. The average molecular weight is 237 g/mol. The average Bonchev–Trinajstić information content (AvgIpc) is 2.36. The summed E-state index contributed by atoms with van der Waals surface area (Å²) in [6, 6.07) is 7.73. The number of hydrogen-bond donors (Lipinski definition) is 2. The number of para-hydroxylation sites is 1. The molecule has 0 bridgehead atoms. The van der Waals surface area contributed by atoms with Crippen LogP contribution in [-0.4, -0.2) is 17.3 Å². The van der Waals surface area contributed by atoms with Crippen LogP contribution in [0.1, 0.15) is 45.2 Å². The molecule has 0 aliphatic carbocycles. The highest BCUT2D eigenvalue weighted by Crippen LogP contribution is 2.26. The minimum Gasteiger partial charge on any atom is -0.490 e. The van der Waals surface area contributed by atoms with Crippen LogP contribution in [0.5, 0.6) is 5.75 Å². The maximum Gasteiger partial charge on any atom is 0.124 e. The van der Waals surface area contributed by atoms with Crippen LogP contribution in [0.2, 0.25) is 0 Å². The van der Waals surface area contributed by atoms with E-state index in [-0.39, 0.29) is 12.6 Å². The van der Waals surface area contributed by atoms with Gasteiger partial charge in [0, 0.05) is 11.6 Å². The molecule has 0 heterocycles. The highest BCUT2D eigenvalue weighted by Gasteiger charge is 2.19. The first-order valence-corrected chi connectivity index (χ1v) is 6.20. The van der Waals surface area contributed by atoms with Crippen molar-refractivity contribution in [1.29, 1.82) is 0 Å². The smallest absolute Gasteiger partial charge is 0.124 e. The van der Waals surface area contributed by atoms with E-state index >= 15 is 0 Å². The third-order valence-corrected chi connectivity index (χ3v) is 3.06. The molecule has 1 rings (SSSR count). The van der Waals surface area contributed by atoms with Crippen LogP contribution in [0.15, 0.2) is 24.3 Å². The first-order chi connectivity index (χ1) is 8.00. The fourth-order valence-corrected chi connectivity index (χ4v) is 1.47. The van der Waals surface area contributed by atoms with Crippen molar-refractivity contribution in [2.24, 2.45) is 5.73 Å². The van der Waals surface area contributed by atoms with Crippen molar-refractivity contribution in [1.82, 2.24) is 0 Å². The Morgan fingerprint density at radius 3 is 2.59 bits per heavy atom. The number of ether oxygens (including phenoxy) is 1. The molecule has 17 heavy (non-hydrogen) atoms. The van der Waals surface area contributed by atoms with E-state index in [2.05, 4.69) is 0 Å². The Kier molecular flexibility index (Phi) is 4.97. The Morgan fingerprint density at radius 1 is 1.35 bits per heavy atom. The molecule has 3 N–H and O–H groups in total. The van der Waals surface area contributed by atoms with Gasteiger partial charge in [0.1, 0.15) is 12.4 Å². The molecular weight excluding hydrogens is 214 g/mol. The molecule has 1 unspecified atom stereocenters. The van der Waals surface area contributed by atoms with Crippen molar-refractivity contribution in [3.8, 4) is 5.75 Å².